The summed E-state index contributed by atoms with van der Waals surface area (Å²) in [6, 6.07) is 12.9. The third-order valence-corrected chi connectivity index (χ3v) is 7.82. The van der Waals surface area contributed by atoms with Crippen molar-refractivity contribution in [1.29, 1.82) is 0 Å². The Morgan fingerprint density at radius 2 is 1.76 bits per heavy atom. The number of piperidine rings is 1. The number of morpholine rings is 1. The summed E-state index contributed by atoms with van der Waals surface area (Å²) in [4.78, 5) is 28.5. The fourth-order valence-corrected chi connectivity index (χ4v) is 5.53. The van der Waals surface area contributed by atoms with Gasteiger partial charge in [-0.3, -0.25) is 9.59 Å². The molecule has 1 aliphatic carbocycles. The first-order chi connectivity index (χ1) is 18.0. The van der Waals surface area contributed by atoms with E-state index in [9.17, 15) is 19.8 Å². The van der Waals surface area contributed by atoms with Crippen molar-refractivity contribution in [2.75, 3.05) is 50.9 Å². The van der Waals surface area contributed by atoms with Crippen LogP contribution in [0, 0.1) is 11.8 Å². The van der Waals surface area contributed by atoms with Gasteiger partial charge in [-0.25, -0.2) is 0 Å². The van der Waals surface area contributed by atoms with Crippen LogP contribution in [0.5, 0.6) is 11.5 Å². The highest BCUT2D eigenvalue weighted by molar-refractivity contribution is 6.00. The summed E-state index contributed by atoms with van der Waals surface area (Å²) >= 11 is 0. The van der Waals surface area contributed by atoms with Crippen molar-refractivity contribution in [3.8, 4) is 11.5 Å². The maximum atomic E-state index is 13.2. The number of phenols is 1. The molecule has 2 aromatic rings. The van der Waals surface area contributed by atoms with Crippen molar-refractivity contribution in [3.05, 3.63) is 53.6 Å². The summed E-state index contributed by atoms with van der Waals surface area (Å²) in [6.07, 6.45) is 4.20. The Labute approximate surface area is 217 Å². The van der Waals surface area contributed by atoms with Gasteiger partial charge in [-0.15, -0.1) is 0 Å². The topological polar surface area (TPSA) is 99.5 Å². The summed E-state index contributed by atoms with van der Waals surface area (Å²) in [5.74, 6) is 1.09. The van der Waals surface area contributed by atoms with Gasteiger partial charge >= 0.3 is 5.97 Å². The van der Waals surface area contributed by atoms with E-state index in [1.54, 1.807) is 18.2 Å². The number of aliphatic carboxylic acids is 1. The Kier molecular flexibility index (Phi) is 7.84. The fourth-order valence-electron chi connectivity index (χ4n) is 5.53. The second-order valence-electron chi connectivity index (χ2n) is 10.5. The number of benzene rings is 2. The maximum absolute atomic E-state index is 13.2. The highest BCUT2D eigenvalue weighted by Gasteiger charge is 2.34. The molecule has 2 saturated heterocycles. The van der Waals surface area contributed by atoms with Crippen molar-refractivity contribution >= 4 is 17.6 Å². The second-order valence-corrected chi connectivity index (χ2v) is 10.5. The minimum atomic E-state index is -0.753. The van der Waals surface area contributed by atoms with E-state index in [0.29, 0.717) is 50.3 Å². The van der Waals surface area contributed by atoms with Crippen LogP contribution in [0.2, 0.25) is 0 Å². The van der Waals surface area contributed by atoms with Crippen LogP contribution in [-0.2, 0) is 9.53 Å². The third-order valence-electron chi connectivity index (χ3n) is 7.82. The van der Waals surface area contributed by atoms with E-state index in [2.05, 4.69) is 4.90 Å². The van der Waals surface area contributed by atoms with Gasteiger partial charge in [0.2, 0.25) is 0 Å². The van der Waals surface area contributed by atoms with E-state index in [4.69, 9.17) is 9.47 Å². The van der Waals surface area contributed by atoms with E-state index in [1.807, 2.05) is 29.2 Å². The lowest BCUT2D eigenvalue weighted by Gasteiger charge is -2.35. The summed E-state index contributed by atoms with van der Waals surface area (Å²) in [5, 5.41) is 19.5. The maximum Gasteiger partial charge on any atom is 0.303 e. The van der Waals surface area contributed by atoms with Crippen LogP contribution in [0.1, 0.15) is 53.9 Å². The number of carboxylic acid groups (broad SMARTS) is 1. The molecule has 1 saturated carbocycles. The van der Waals surface area contributed by atoms with Crippen LogP contribution < -0.4 is 9.64 Å². The highest BCUT2D eigenvalue weighted by atomic mass is 16.5. The number of amides is 1. The van der Waals surface area contributed by atoms with Gasteiger partial charge in [0.25, 0.3) is 5.91 Å². The molecule has 2 aromatic carbocycles. The number of hydrogen-bond acceptors (Lipinski definition) is 6. The molecule has 0 aromatic heterocycles. The van der Waals surface area contributed by atoms with Gasteiger partial charge in [0.15, 0.2) is 0 Å². The fraction of sp³-hybridized carbons (Fsp3) is 0.517. The van der Waals surface area contributed by atoms with E-state index in [1.165, 1.54) is 0 Å². The standard InChI is InChI=1S/C29H36N2O6/c32-23-6-7-25(29(35)31-12-14-36-15-13-31)27(17-23)30-10-8-20(9-11-30)19-37-24-3-1-2-22(16-24)26(18-28(33)34)21-4-5-21/h1-3,6-7,16-17,20-21,26,32H,4-5,8-15,18-19H2,(H,33,34). The van der Waals surface area contributed by atoms with Crippen LogP contribution in [0.15, 0.2) is 42.5 Å². The number of phenolic OH excluding ortho intramolecular Hbond substituents is 1. The van der Waals surface area contributed by atoms with Gasteiger partial charge in [0, 0.05) is 32.2 Å². The summed E-state index contributed by atoms with van der Waals surface area (Å²) in [5.41, 5.74) is 2.46. The van der Waals surface area contributed by atoms with Crippen LogP contribution in [0.4, 0.5) is 5.69 Å². The van der Waals surface area contributed by atoms with E-state index >= 15 is 0 Å². The quantitative estimate of drug-likeness (QED) is 0.525. The molecule has 1 unspecified atom stereocenters. The van der Waals surface area contributed by atoms with Crippen LogP contribution in [0.25, 0.3) is 0 Å². The molecule has 198 valence electrons. The number of anilines is 1. The molecule has 0 bridgehead atoms. The number of carboxylic acids is 1. The lowest BCUT2D eigenvalue weighted by molar-refractivity contribution is -0.137. The van der Waals surface area contributed by atoms with Crippen molar-refractivity contribution in [3.63, 3.8) is 0 Å². The van der Waals surface area contributed by atoms with E-state index < -0.39 is 5.97 Å². The molecule has 5 rings (SSSR count). The second kappa shape index (κ2) is 11.4. The molecule has 0 radical (unpaired) electrons. The smallest absolute Gasteiger partial charge is 0.303 e. The van der Waals surface area contributed by atoms with Crippen LogP contribution >= 0.6 is 0 Å². The molecule has 1 atom stereocenters. The number of aromatic hydroxyl groups is 1. The predicted molar refractivity (Wildman–Crippen MR) is 139 cm³/mol. The average Bonchev–Trinajstić information content (AvgIpc) is 3.76. The summed E-state index contributed by atoms with van der Waals surface area (Å²) in [6.45, 7) is 4.42. The minimum absolute atomic E-state index is 0.0176. The molecular weight excluding hydrogens is 472 g/mol. The zero-order valence-electron chi connectivity index (χ0n) is 21.2. The minimum Gasteiger partial charge on any atom is -0.508 e. The van der Waals surface area contributed by atoms with E-state index in [-0.39, 0.29) is 24.0 Å². The monoisotopic (exact) mass is 508 g/mol. The van der Waals surface area contributed by atoms with Gasteiger partial charge in [0.05, 0.1) is 37.5 Å². The number of hydrogen-bond donors (Lipinski definition) is 2. The molecule has 8 nitrogen and oxygen atoms in total. The van der Waals surface area contributed by atoms with Gasteiger partial charge < -0.3 is 29.5 Å². The molecular formula is C29H36N2O6. The van der Waals surface area contributed by atoms with E-state index in [0.717, 1.165) is 55.8 Å². The number of carbonyl (C=O) groups excluding carboxylic acids is 1. The largest absolute Gasteiger partial charge is 0.508 e. The van der Waals surface area contributed by atoms with Gasteiger partial charge in [0.1, 0.15) is 11.5 Å². The zero-order valence-corrected chi connectivity index (χ0v) is 21.2. The van der Waals surface area contributed by atoms with Crippen LogP contribution in [0.3, 0.4) is 0 Å². The molecule has 3 aliphatic rings. The Morgan fingerprint density at radius 3 is 2.46 bits per heavy atom. The molecule has 1 amide bonds. The van der Waals surface area contributed by atoms with Crippen molar-refractivity contribution in [2.24, 2.45) is 11.8 Å². The Balaban J connectivity index is 1.18. The molecule has 8 heteroatoms. The molecule has 2 N–H and O–H groups in total. The lowest BCUT2D eigenvalue weighted by Crippen LogP contribution is -2.42. The first kappa shape index (κ1) is 25.4. The third kappa shape index (κ3) is 6.36. The van der Waals surface area contributed by atoms with Gasteiger partial charge in [-0.2, -0.15) is 0 Å². The average molecular weight is 509 g/mol. The first-order valence-electron chi connectivity index (χ1n) is 13.4. The zero-order chi connectivity index (χ0) is 25.8. The Morgan fingerprint density at radius 1 is 1.00 bits per heavy atom. The number of ether oxygens (including phenoxy) is 2. The Hall–Kier alpha value is -3.26. The number of nitrogens with zero attached hydrogens (tertiary/aromatic N) is 2. The Bertz CT molecular complexity index is 1100. The molecule has 3 fully saturated rings. The summed E-state index contributed by atoms with van der Waals surface area (Å²) in [7, 11) is 0. The van der Waals surface area contributed by atoms with Crippen molar-refractivity contribution in [2.45, 2.75) is 38.0 Å². The normalized spacial score (nSPS) is 19.5. The first-order valence-corrected chi connectivity index (χ1v) is 13.4. The molecule has 2 aliphatic heterocycles. The lowest BCUT2D eigenvalue weighted by atomic mass is 9.91. The number of carbonyl (C=O) groups is 2. The number of rotatable bonds is 9. The highest BCUT2D eigenvalue weighted by Crippen LogP contribution is 2.45. The van der Waals surface area contributed by atoms with Crippen molar-refractivity contribution in [1.82, 2.24) is 4.90 Å². The summed E-state index contributed by atoms with van der Waals surface area (Å²) < 4.78 is 11.5. The molecule has 37 heavy (non-hydrogen) atoms. The molecule has 2 heterocycles. The van der Waals surface area contributed by atoms with Crippen LogP contribution in [-0.4, -0.2) is 73.0 Å². The van der Waals surface area contributed by atoms with Gasteiger partial charge in [-0.05, 0) is 73.3 Å². The molecule has 0 spiro atoms. The predicted octanol–water partition coefficient (Wildman–Crippen LogP) is 4.13. The SMILES string of the molecule is O=C(O)CC(c1cccc(OCC2CCN(c3cc(O)ccc3C(=O)N3CCOCC3)CC2)c1)C1CC1. The van der Waals surface area contributed by atoms with Crippen molar-refractivity contribution < 1.29 is 29.3 Å². The van der Waals surface area contributed by atoms with Gasteiger partial charge in [-0.1, -0.05) is 12.1 Å².